The Bertz CT molecular complexity index is 905. The van der Waals surface area contributed by atoms with Gasteiger partial charge < -0.3 is 9.47 Å². The Morgan fingerprint density at radius 3 is 1.74 bits per heavy atom. The number of rotatable bonds is 9. The van der Waals surface area contributed by atoms with Crippen LogP contribution in [0.3, 0.4) is 0 Å². The molecule has 1 saturated carbocycles. The molecule has 3 aromatic carbocycles. The van der Waals surface area contributed by atoms with Gasteiger partial charge >= 0.3 is 0 Å². The molecule has 0 amide bonds. The molecule has 160 valence electrons. The molecule has 0 saturated heterocycles. The number of para-hydroxylation sites is 2. The van der Waals surface area contributed by atoms with Crippen LogP contribution in [-0.4, -0.2) is 11.2 Å². The molecule has 0 bridgehead atoms. The number of hydrogen-bond acceptors (Lipinski definition) is 3. The maximum Gasteiger partial charge on any atom is 0.182 e. The second-order valence-corrected chi connectivity index (χ2v) is 9.52. The van der Waals surface area contributed by atoms with Gasteiger partial charge in [-0.2, -0.15) is 0 Å². The minimum Gasteiger partial charge on any atom is -0.489 e. The molecule has 1 aliphatic rings. The predicted octanol–water partition coefficient (Wildman–Crippen LogP) is 7.00. The molecule has 1 unspecified atom stereocenters. The van der Waals surface area contributed by atoms with Crippen molar-refractivity contribution >= 4 is 14.1 Å². The number of carbonyl (C=O) groups is 1. The van der Waals surface area contributed by atoms with Gasteiger partial charge in [0, 0.05) is 16.7 Å². The zero-order chi connectivity index (χ0) is 21.3. The largest absolute Gasteiger partial charge is 0.489 e. The molecule has 31 heavy (non-hydrogen) atoms. The van der Waals surface area contributed by atoms with Crippen LogP contribution in [0.15, 0.2) is 78.9 Å². The van der Waals surface area contributed by atoms with E-state index in [-0.39, 0.29) is 5.52 Å². The summed E-state index contributed by atoms with van der Waals surface area (Å²) in [5.74, 6) is 1.61. The SMILES string of the molecule is O=C(PC1CCCCC1)c1c(COc2ccccc2)cccc1COc1ccccc1. The summed E-state index contributed by atoms with van der Waals surface area (Å²) in [4.78, 5) is 13.5. The Kier molecular flexibility index (Phi) is 7.74. The fraction of sp³-hybridized carbons (Fsp3) is 0.296. The molecule has 0 aliphatic heterocycles. The highest BCUT2D eigenvalue weighted by Crippen LogP contribution is 2.37. The lowest BCUT2D eigenvalue weighted by molar-refractivity contribution is 0.107. The van der Waals surface area contributed by atoms with Crippen LogP contribution in [0, 0.1) is 0 Å². The number of carbonyl (C=O) groups excluding carboxylic acids is 1. The summed E-state index contributed by atoms with van der Waals surface area (Å²) in [6.07, 6.45) is 6.12. The van der Waals surface area contributed by atoms with E-state index >= 15 is 0 Å². The standard InChI is InChI=1S/C27H29O3P/c28-27(31-25-17-8-3-9-18-25)26-21(19-29-23-13-4-1-5-14-23)11-10-12-22(26)20-30-24-15-6-2-7-16-24/h1-2,4-7,10-16,25,31H,3,8-9,17-20H2. The van der Waals surface area contributed by atoms with Gasteiger partial charge in [-0.15, -0.1) is 0 Å². The summed E-state index contributed by atoms with van der Waals surface area (Å²) in [5.41, 5.74) is 3.42. The molecular formula is C27H29O3P. The number of hydrogen-bond donors (Lipinski definition) is 0. The van der Waals surface area contributed by atoms with E-state index in [0.29, 0.717) is 27.5 Å². The third kappa shape index (κ3) is 6.18. The molecule has 3 aromatic rings. The molecule has 1 fully saturated rings. The summed E-state index contributed by atoms with van der Waals surface area (Å²) in [5, 5.41) is 0. The third-order valence-electron chi connectivity index (χ3n) is 5.68. The molecule has 0 radical (unpaired) electrons. The lowest BCUT2D eigenvalue weighted by Crippen LogP contribution is -2.13. The summed E-state index contributed by atoms with van der Waals surface area (Å²) in [7, 11) is 0.317. The van der Waals surface area contributed by atoms with Crippen LogP contribution in [0.5, 0.6) is 11.5 Å². The Balaban J connectivity index is 1.55. The van der Waals surface area contributed by atoms with E-state index in [4.69, 9.17) is 9.47 Å². The summed E-state index contributed by atoms with van der Waals surface area (Å²) < 4.78 is 12.0. The zero-order valence-corrected chi connectivity index (χ0v) is 18.8. The van der Waals surface area contributed by atoms with Crippen molar-refractivity contribution in [2.75, 3.05) is 0 Å². The van der Waals surface area contributed by atoms with Crippen molar-refractivity contribution in [3.63, 3.8) is 0 Å². The Hall–Kier alpha value is -2.64. The predicted molar refractivity (Wildman–Crippen MR) is 128 cm³/mol. The second kappa shape index (κ2) is 11.1. The second-order valence-electron chi connectivity index (χ2n) is 7.96. The molecular weight excluding hydrogens is 403 g/mol. The number of ether oxygens (including phenoxy) is 2. The smallest absolute Gasteiger partial charge is 0.182 e. The van der Waals surface area contributed by atoms with E-state index in [0.717, 1.165) is 28.2 Å². The van der Waals surface area contributed by atoms with Crippen molar-refractivity contribution in [1.82, 2.24) is 0 Å². The van der Waals surface area contributed by atoms with E-state index in [9.17, 15) is 4.79 Å². The van der Waals surface area contributed by atoms with Crippen molar-refractivity contribution in [1.29, 1.82) is 0 Å². The van der Waals surface area contributed by atoms with Gasteiger partial charge in [0.15, 0.2) is 5.52 Å². The lowest BCUT2D eigenvalue weighted by atomic mass is 10.0. The van der Waals surface area contributed by atoms with E-state index in [2.05, 4.69) is 0 Å². The van der Waals surface area contributed by atoms with Gasteiger partial charge in [0.1, 0.15) is 24.7 Å². The maximum absolute atomic E-state index is 13.5. The molecule has 0 spiro atoms. The first-order chi connectivity index (χ1) is 15.3. The van der Waals surface area contributed by atoms with Crippen LogP contribution < -0.4 is 9.47 Å². The minimum absolute atomic E-state index is 0.242. The zero-order valence-electron chi connectivity index (χ0n) is 17.8. The summed E-state index contributed by atoms with van der Waals surface area (Å²) >= 11 is 0. The fourth-order valence-electron chi connectivity index (χ4n) is 4.05. The highest BCUT2D eigenvalue weighted by Gasteiger charge is 2.22. The first-order valence-electron chi connectivity index (χ1n) is 11.1. The Morgan fingerprint density at radius 2 is 1.23 bits per heavy atom. The molecule has 4 rings (SSSR count). The monoisotopic (exact) mass is 432 g/mol. The average molecular weight is 433 g/mol. The fourth-order valence-corrected chi connectivity index (χ4v) is 5.58. The maximum atomic E-state index is 13.5. The quantitative estimate of drug-likeness (QED) is 0.342. The molecule has 0 heterocycles. The lowest BCUT2D eigenvalue weighted by Gasteiger charge is -2.22. The van der Waals surface area contributed by atoms with Gasteiger partial charge in [0.05, 0.1) is 0 Å². The van der Waals surface area contributed by atoms with Crippen LogP contribution in [0.4, 0.5) is 0 Å². The van der Waals surface area contributed by atoms with Crippen molar-refractivity contribution in [2.24, 2.45) is 0 Å². The number of benzene rings is 3. The normalized spacial score (nSPS) is 14.6. The average Bonchev–Trinajstić information content (AvgIpc) is 2.83. The highest BCUT2D eigenvalue weighted by atomic mass is 31.1. The van der Waals surface area contributed by atoms with Crippen molar-refractivity contribution < 1.29 is 14.3 Å². The van der Waals surface area contributed by atoms with Crippen molar-refractivity contribution in [3.05, 3.63) is 95.6 Å². The van der Waals surface area contributed by atoms with Crippen molar-refractivity contribution in [3.8, 4) is 11.5 Å². The summed E-state index contributed by atoms with van der Waals surface area (Å²) in [6, 6.07) is 25.5. The van der Waals surface area contributed by atoms with Crippen LogP contribution in [0.25, 0.3) is 0 Å². The van der Waals surface area contributed by atoms with Gasteiger partial charge in [0.25, 0.3) is 0 Å². The first kappa shape index (κ1) is 21.6. The molecule has 4 heteroatoms. The van der Waals surface area contributed by atoms with Gasteiger partial charge in [0.2, 0.25) is 0 Å². The van der Waals surface area contributed by atoms with Crippen LogP contribution >= 0.6 is 8.58 Å². The topological polar surface area (TPSA) is 35.5 Å². The van der Waals surface area contributed by atoms with E-state index in [1.54, 1.807) is 0 Å². The third-order valence-corrected chi connectivity index (χ3v) is 7.18. The molecule has 3 nitrogen and oxygen atoms in total. The van der Waals surface area contributed by atoms with Gasteiger partial charge in [-0.25, -0.2) is 0 Å². The molecule has 0 N–H and O–H groups in total. The molecule has 0 aromatic heterocycles. The van der Waals surface area contributed by atoms with Gasteiger partial charge in [-0.3, -0.25) is 4.79 Å². The van der Waals surface area contributed by atoms with Crippen LogP contribution in [0.2, 0.25) is 0 Å². The highest BCUT2D eigenvalue weighted by molar-refractivity contribution is 7.59. The van der Waals surface area contributed by atoms with Crippen LogP contribution in [0.1, 0.15) is 53.6 Å². The summed E-state index contributed by atoms with van der Waals surface area (Å²) in [6.45, 7) is 0.749. The van der Waals surface area contributed by atoms with Crippen LogP contribution in [-0.2, 0) is 13.2 Å². The van der Waals surface area contributed by atoms with E-state index in [1.165, 1.54) is 32.1 Å². The Morgan fingerprint density at radius 1 is 0.710 bits per heavy atom. The molecule has 1 atom stereocenters. The van der Waals surface area contributed by atoms with Gasteiger partial charge in [-0.1, -0.05) is 73.9 Å². The Labute approximate surface area is 186 Å². The van der Waals surface area contributed by atoms with E-state index < -0.39 is 0 Å². The first-order valence-corrected chi connectivity index (χ1v) is 12.1. The minimum atomic E-state index is 0.242. The van der Waals surface area contributed by atoms with Crippen molar-refractivity contribution in [2.45, 2.75) is 51.0 Å². The molecule has 1 aliphatic carbocycles. The van der Waals surface area contributed by atoms with E-state index in [1.807, 2.05) is 78.9 Å². The van der Waals surface area contributed by atoms with Gasteiger partial charge in [-0.05, 0) is 51.3 Å².